The number of amides is 1. The molecular weight excluding hydrogens is 429 g/mol. The van der Waals surface area contributed by atoms with Crippen molar-refractivity contribution in [1.29, 1.82) is 0 Å². The van der Waals surface area contributed by atoms with Crippen molar-refractivity contribution in [1.82, 2.24) is 15.0 Å². The summed E-state index contributed by atoms with van der Waals surface area (Å²) in [6.07, 6.45) is -3.55. The van der Waals surface area contributed by atoms with Crippen molar-refractivity contribution in [3.63, 3.8) is 0 Å². The summed E-state index contributed by atoms with van der Waals surface area (Å²) in [7, 11) is 2.58. The number of nitrogens with zero attached hydrogens (tertiary/aromatic N) is 3. The van der Waals surface area contributed by atoms with Crippen LogP contribution in [0.25, 0.3) is 0 Å². The largest absolute Gasteiger partial charge is 0.480 e. The molecule has 12 heteroatoms. The van der Waals surface area contributed by atoms with Gasteiger partial charge in [-0.1, -0.05) is 41.3 Å². The number of anilines is 1. The second-order valence-corrected chi connectivity index (χ2v) is 7.63. The molecule has 0 saturated carbocycles. The molecule has 2 aromatic heterocycles. The molecule has 2 heterocycles. The number of benzene rings is 1. The van der Waals surface area contributed by atoms with Gasteiger partial charge in [0.2, 0.25) is 11.8 Å². The fourth-order valence-corrected chi connectivity index (χ4v) is 4.39. The number of nitrogens with one attached hydrogen (secondary N) is 1. The van der Waals surface area contributed by atoms with Gasteiger partial charge in [-0.05, 0) is 12.1 Å². The van der Waals surface area contributed by atoms with Crippen LogP contribution in [0.15, 0.2) is 45.8 Å². The zero-order valence-electron chi connectivity index (χ0n) is 15.0. The highest BCUT2D eigenvalue weighted by Crippen LogP contribution is 2.44. The van der Waals surface area contributed by atoms with Crippen molar-refractivity contribution in [3.8, 4) is 11.8 Å². The van der Waals surface area contributed by atoms with Gasteiger partial charge in [-0.3, -0.25) is 10.1 Å². The molecule has 0 aliphatic rings. The molecule has 0 saturated heterocycles. The molecule has 1 aromatic carbocycles. The lowest BCUT2D eigenvalue weighted by Crippen LogP contribution is -2.16. The standard InChI is InChI=1S/C17H13F3N4O3S2/c1-26-13-10(14(27-2)22-8-21-13)12(25)24-16-23-11(17(18,19)20)15(29-16)28-9-6-4-3-5-7-9/h3-8H,1-2H3,(H,23,24,25). The summed E-state index contributed by atoms with van der Waals surface area (Å²) in [5.41, 5.74) is -1.23. The Labute approximate surface area is 171 Å². The van der Waals surface area contributed by atoms with Crippen LogP contribution in [0.2, 0.25) is 0 Å². The highest BCUT2D eigenvalue weighted by Gasteiger charge is 2.38. The number of methoxy groups -OCH3 is 2. The van der Waals surface area contributed by atoms with Crippen molar-refractivity contribution in [2.75, 3.05) is 19.5 Å². The highest BCUT2D eigenvalue weighted by atomic mass is 32.2. The number of aromatic nitrogens is 3. The van der Waals surface area contributed by atoms with Crippen molar-refractivity contribution < 1.29 is 27.4 Å². The molecule has 0 aliphatic carbocycles. The topological polar surface area (TPSA) is 86.2 Å². The SMILES string of the molecule is COc1ncnc(OC)c1C(=O)Nc1nc(C(F)(F)F)c(Sc2ccccc2)s1. The Hall–Kier alpha value is -2.86. The molecule has 3 aromatic rings. The highest BCUT2D eigenvalue weighted by molar-refractivity contribution is 8.01. The van der Waals surface area contributed by atoms with Crippen molar-refractivity contribution >= 4 is 34.1 Å². The van der Waals surface area contributed by atoms with Crippen LogP contribution < -0.4 is 14.8 Å². The lowest BCUT2D eigenvalue weighted by Gasteiger charge is -2.09. The molecule has 1 amide bonds. The first kappa shape index (κ1) is 20.9. The van der Waals surface area contributed by atoms with Crippen LogP contribution in [-0.2, 0) is 6.18 Å². The van der Waals surface area contributed by atoms with Crippen LogP contribution in [0.1, 0.15) is 16.1 Å². The molecule has 152 valence electrons. The molecule has 0 atom stereocenters. The van der Waals surface area contributed by atoms with Crippen LogP contribution in [0.4, 0.5) is 18.3 Å². The van der Waals surface area contributed by atoms with Crippen LogP contribution in [0, 0.1) is 0 Å². The summed E-state index contributed by atoms with van der Waals surface area (Å²) in [6, 6.07) is 8.55. The van der Waals surface area contributed by atoms with E-state index in [2.05, 4.69) is 20.3 Å². The molecule has 1 N–H and O–H groups in total. The number of thiazole rings is 1. The van der Waals surface area contributed by atoms with E-state index < -0.39 is 17.8 Å². The normalized spacial score (nSPS) is 11.2. The number of hydrogen-bond donors (Lipinski definition) is 1. The fourth-order valence-electron chi connectivity index (χ4n) is 2.22. The molecule has 7 nitrogen and oxygen atoms in total. The lowest BCUT2D eigenvalue weighted by molar-refractivity contribution is -0.142. The van der Waals surface area contributed by atoms with Crippen molar-refractivity contribution in [3.05, 3.63) is 47.9 Å². The minimum Gasteiger partial charge on any atom is -0.480 e. The van der Waals surface area contributed by atoms with E-state index in [0.29, 0.717) is 16.2 Å². The third-order valence-corrected chi connectivity index (χ3v) is 5.58. The fraction of sp³-hybridized carbons (Fsp3) is 0.176. The van der Waals surface area contributed by atoms with Crippen LogP contribution in [0.3, 0.4) is 0 Å². The van der Waals surface area contributed by atoms with Gasteiger partial charge in [0, 0.05) is 4.90 Å². The van der Waals surface area contributed by atoms with E-state index >= 15 is 0 Å². The van der Waals surface area contributed by atoms with Crippen LogP contribution in [-0.4, -0.2) is 35.1 Å². The first-order chi connectivity index (χ1) is 13.8. The maximum absolute atomic E-state index is 13.4. The first-order valence-electron chi connectivity index (χ1n) is 7.88. The Morgan fingerprint density at radius 1 is 1.10 bits per heavy atom. The summed E-state index contributed by atoms with van der Waals surface area (Å²) in [5, 5.41) is 2.11. The Balaban J connectivity index is 1.93. The Bertz CT molecular complexity index is 991. The van der Waals surface area contributed by atoms with Crippen molar-refractivity contribution in [2.24, 2.45) is 0 Å². The third kappa shape index (κ3) is 4.77. The lowest BCUT2D eigenvalue weighted by atomic mass is 10.3. The maximum Gasteiger partial charge on any atom is 0.435 e. The number of carbonyl (C=O) groups is 1. The second kappa shape index (κ2) is 8.66. The maximum atomic E-state index is 13.4. The zero-order valence-corrected chi connectivity index (χ0v) is 16.6. The zero-order chi connectivity index (χ0) is 21.0. The number of carbonyl (C=O) groups excluding carboxylic acids is 1. The third-order valence-electron chi connectivity index (χ3n) is 3.43. The molecule has 0 unspecified atom stereocenters. The summed E-state index contributed by atoms with van der Waals surface area (Å²) in [5.74, 6) is -0.972. The van der Waals surface area contributed by atoms with Gasteiger partial charge in [0.1, 0.15) is 6.33 Å². The summed E-state index contributed by atoms with van der Waals surface area (Å²) in [4.78, 5) is 24.4. The van der Waals surface area contributed by atoms with Gasteiger partial charge >= 0.3 is 6.18 Å². The molecular formula is C17H13F3N4O3S2. The Kier molecular flexibility index (Phi) is 6.23. The van der Waals surface area contributed by atoms with Gasteiger partial charge in [0.05, 0.1) is 18.4 Å². The number of alkyl halides is 3. The monoisotopic (exact) mass is 442 g/mol. The number of halogens is 3. The van der Waals surface area contributed by atoms with Gasteiger partial charge in [-0.25, -0.2) is 15.0 Å². The summed E-state index contributed by atoms with van der Waals surface area (Å²) < 4.78 is 50.2. The van der Waals surface area contributed by atoms with E-state index in [-0.39, 0.29) is 26.7 Å². The molecule has 0 fully saturated rings. The van der Waals surface area contributed by atoms with Gasteiger partial charge < -0.3 is 9.47 Å². The van der Waals surface area contributed by atoms with E-state index in [1.54, 1.807) is 30.3 Å². The Morgan fingerprint density at radius 2 is 1.72 bits per heavy atom. The Morgan fingerprint density at radius 3 is 2.28 bits per heavy atom. The van der Waals surface area contributed by atoms with Crippen LogP contribution in [0.5, 0.6) is 11.8 Å². The smallest absolute Gasteiger partial charge is 0.435 e. The van der Waals surface area contributed by atoms with E-state index in [1.807, 2.05) is 0 Å². The molecule has 0 radical (unpaired) electrons. The second-order valence-electron chi connectivity index (χ2n) is 5.29. The van der Waals surface area contributed by atoms with E-state index in [1.165, 1.54) is 14.2 Å². The van der Waals surface area contributed by atoms with E-state index in [0.717, 1.165) is 18.1 Å². The minimum absolute atomic E-state index is 0.0826. The van der Waals surface area contributed by atoms with Crippen molar-refractivity contribution in [2.45, 2.75) is 15.3 Å². The van der Waals surface area contributed by atoms with Crippen LogP contribution >= 0.6 is 23.1 Å². The quantitative estimate of drug-likeness (QED) is 0.607. The number of hydrogen-bond acceptors (Lipinski definition) is 8. The number of ether oxygens (including phenoxy) is 2. The number of rotatable bonds is 6. The average molecular weight is 442 g/mol. The van der Waals surface area contributed by atoms with Gasteiger partial charge in [0.15, 0.2) is 16.4 Å². The van der Waals surface area contributed by atoms with Gasteiger partial charge in [0.25, 0.3) is 5.91 Å². The summed E-state index contributed by atoms with van der Waals surface area (Å²) in [6.45, 7) is 0. The predicted molar refractivity (Wildman–Crippen MR) is 101 cm³/mol. The summed E-state index contributed by atoms with van der Waals surface area (Å²) >= 11 is 1.62. The van der Waals surface area contributed by atoms with Gasteiger partial charge in [-0.15, -0.1) is 0 Å². The predicted octanol–water partition coefficient (Wildman–Crippen LogP) is 4.37. The molecule has 29 heavy (non-hydrogen) atoms. The first-order valence-corrected chi connectivity index (χ1v) is 9.52. The average Bonchev–Trinajstić information content (AvgIpc) is 3.10. The molecule has 0 aliphatic heterocycles. The molecule has 0 spiro atoms. The minimum atomic E-state index is -4.68. The molecule has 0 bridgehead atoms. The van der Waals surface area contributed by atoms with E-state index in [9.17, 15) is 18.0 Å². The van der Waals surface area contributed by atoms with Gasteiger partial charge in [-0.2, -0.15) is 13.2 Å². The molecule has 3 rings (SSSR count). The van der Waals surface area contributed by atoms with E-state index in [4.69, 9.17) is 9.47 Å².